The molecule has 0 spiro atoms. The van der Waals surface area contributed by atoms with Gasteiger partial charge in [0.1, 0.15) is 6.54 Å². The Morgan fingerprint density at radius 2 is 1.59 bits per heavy atom. The number of carbonyl (C=O) groups is 1. The fraction of sp³-hybridized carbons (Fsp3) is 0.286. The Bertz CT molecular complexity index is 1040. The molecule has 0 N–H and O–H groups in total. The molecule has 6 heteroatoms. The Balaban J connectivity index is 2.01. The van der Waals surface area contributed by atoms with Crippen molar-refractivity contribution in [2.75, 3.05) is 13.1 Å². The molecule has 2 aromatic carbocycles. The van der Waals surface area contributed by atoms with Crippen LogP contribution in [0.5, 0.6) is 0 Å². The quantitative estimate of drug-likeness (QED) is 0.627. The van der Waals surface area contributed by atoms with Crippen molar-refractivity contribution < 1.29 is 13.2 Å². The third kappa shape index (κ3) is 4.06. The Morgan fingerprint density at radius 1 is 0.963 bits per heavy atom. The Labute approximate surface area is 160 Å². The van der Waals surface area contributed by atoms with Crippen molar-refractivity contribution in [1.29, 1.82) is 0 Å². The van der Waals surface area contributed by atoms with Crippen LogP contribution in [-0.2, 0) is 26.9 Å². The van der Waals surface area contributed by atoms with E-state index in [0.29, 0.717) is 18.5 Å². The Morgan fingerprint density at radius 3 is 2.26 bits per heavy atom. The van der Waals surface area contributed by atoms with Gasteiger partial charge in [-0.3, -0.25) is 4.79 Å². The fourth-order valence-electron chi connectivity index (χ4n) is 3.29. The number of rotatable bonds is 7. The summed E-state index contributed by atoms with van der Waals surface area (Å²) in [6.45, 7) is 5.26. The molecule has 5 nitrogen and oxygen atoms in total. The number of likely N-dealkylation sites (N-methyl/N-ethyl adjacent to an activating group) is 1. The Hall–Kier alpha value is -2.60. The maximum atomic E-state index is 13.1. The third-order valence-corrected chi connectivity index (χ3v) is 6.42. The van der Waals surface area contributed by atoms with Crippen LogP contribution in [0.1, 0.15) is 19.4 Å². The second-order valence-electron chi connectivity index (χ2n) is 6.45. The molecule has 0 bridgehead atoms. The van der Waals surface area contributed by atoms with Crippen molar-refractivity contribution >= 4 is 26.6 Å². The van der Waals surface area contributed by atoms with Gasteiger partial charge in [-0.1, -0.05) is 48.5 Å². The molecule has 1 heterocycles. The fourth-order valence-corrected chi connectivity index (χ4v) is 4.87. The van der Waals surface area contributed by atoms with Crippen molar-refractivity contribution in [3.8, 4) is 0 Å². The van der Waals surface area contributed by atoms with Gasteiger partial charge in [-0.2, -0.15) is 0 Å². The molecule has 1 amide bonds. The van der Waals surface area contributed by atoms with Crippen molar-refractivity contribution in [1.82, 2.24) is 9.47 Å². The molecule has 0 aliphatic heterocycles. The third-order valence-electron chi connectivity index (χ3n) is 4.71. The van der Waals surface area contributed by atoms with E-state index < -0.39 is 9.84 Å². The smallest absolute Gasteiger partial charge is 0.242 e. The largest absolute Gasteiger partial charge is 0.342 e. The molecule has 0 unspecified atom stereocenters. The van der Waals surface area contributed by atoms with Gasteiger partial charge in [-0.25, -0.2) is 8.42 Å². The van der Waals surface area contributed by atoms with Crippen LogP contribution >= 0.6 is 0 Å². The number of hydrogen-bond donors (Lipinski definition) is 0. The number of benzene rings is 2. The molecule has 27 heavy (non-hydrogen) atoms. The second kappa shape index (κ2) is 7.96. The predicted molar refractivity (Wildman–Crippen MR) is 107 cm³/mol. The summed E-state index contributed by atoms with van der Waals surface area (Å²) >= 11 is 0. The normalized spacial score (nSPS) is 11.6. The van der Waals surface area contributed by atoms with E-state index in [2.05, 4.69) is 0 Å². The van der Waals surface area contributed by atoms with E-state index >= 15 is 0 Å². The zero-order valence-corrected chi connectivity index (χ0v) is 16.4. The summed E-state index contributed by atoms with van der Waals surface area (Å²) in [5.41, 5.74) is 1.50. The lowest BCUT2D eigenvalue weighted by molar-refractivity contribution is -0.131. The molecular formula is C21H24N2O3S. The number of sulfone groups is 1. The topological polar surface area (TPSA) is 59.4 Å². The molecule has 0 aliphatic carbocycles. The highest BCUT2D eigenvalue weighted by Gasteiger charge is 2.23. The molecule has 0 saturated carbocycles. The zero-order valence-electron chi connectivity index (χ0n) is 15.6. The zero-order chi connectivity index (χ0) is 19.4. The minimum Gasteiger partial charge on any atom is -0.342 e. The average Bonchev–Trinajstić information content (AvgIpc) is 3.03. The van der Waals surface area contributed by atoms with Crippen molar-refractivity contribution in [2.45, 2.75) is 31.0 Å². The van der Waals surface area contributed by atoms with E-state index in [1.54, 1.807) is 33.9 Å². The van der Waals surface area contributed by atoms with Gasteiger partial charge in [-0.15, -0.1) is 0 Å². The minimum atomic E-state index is -3.53. The number of para-hydroxylation sites is 1. The van der Waals surface area contributed by atoms with E-state index in [9.17, 15) is 13.2 Å². The lowest BCUT2D eigenvalue weighted by atomic mass is 10.2. The average molecular weight is 385 g/mol. The van der Waals surface area contributed by atoms with Crippen molar-refractivity contribution in [2.24, 2.45) is 0 Å². The number of fused-ring (bicyclic) bond motifs is 1. The van der Waals surface area contributed by atoms with Crippen molar-refractivity contribution in [3.05, 3.63) is 66.4 Å². The first-order chi connectivity index (χ1) is 13.0. The second-order valence-corrected chi connectivity index (χ2v) is 8.41. The molecule has 0 saturated heterocycles. The summed E-state index contributed by atoms with van der Waals surface area (Å²) in [6, 6.07) is 16.5. The van der Waals surface area contributed by atoms with Gasteiger partial charge >= 0.3 is 0 Å². The summed E-state index contributed by atoms with van der Waals surface area (Å²) in [6.07, 6.45) is 1.60. The predicted octanol–water partition coefficient (Wildman–Crippen LogP) is 3.48. The van der Waals surface area contributed by atoms with E-state index in [0.717, 1.165) is 11.1 Å². The summed E-state index contributed by atoms with van der Waals surface area (Å²) in [7, 11) is -3.53. The molecule has 0 aliphatic rings. The minimum absolute atomic E-state index is 0.0206. The summed E-state index contributed by atoms with van der Waals surface area (Å²) in [5, 5.41) is 0.653. The first-order valence-electron chi connectivity index (χ1n) is 9.08. The van der Waals surface area contributed by atoms with E-state index in [1.165, 1.54) is 0 Å². The molecular weight excluding hydrogens is 360 g/mol. The number of hydrogen-bond acceptors (Lipinski definition) is 3. The van der Waals surface area contributed by atoms with Crippen LogP contribution in [0.4, 0.5) is 0 Å². The van der Waals surface area contributed by atoms with Crippen LogP contribution in [0.15, 0.2) is 65.7 Å². The van der Waals surface area contributed by atoms with Gasteiger partial charge in [0, 0.05) is 30.2 Å². The molecule has 0 fully saturated rings. The summed E-state index contributed by atoms with van der Waals surface area (Å²) in [4.78, 5) is 14.5. The molecule has 1 aromatic heterocycles. The monoisotopic (exact) mass is 384 g/mol. The van der Waals surface area contributed by atoms with Gasteiger partial charge in [0.2, 0.25) is 5.91 Å². The van der Waals surface area contributed by atoms with Crippen LogP contribution in [-0.4, -0.2) is 36.9 Å². The van der Waals surface area contributed by atoms with Gasteiger partial charge in [0.15, 0.2) is 9.84 Å². The first-order valence-corrected chi connectivity index (χ1v) is 10.7. The molecule has 142 valence electrons. The first kappa shape index (κ1) is 19.2. The van der Waals surface area contributed by atoms with E-state index in [1.807, 2.05) is 50.2 Å². The van der Waals surface area contributed by atoms with Crippen LogP contribution in [0.2, 0.25) is 0 Å². The molecule has 0 atom stereocenters. The number of nitrogens with zero attached hydrogens (tertiary/aromatic N) is 2. The van der Waals surface area contributed by atoms with Crippen LogP contribution in [0, 0.1) is 0 Å². The van der Waals surface area contributed by atoms with Crippen LogP contribution < -0.4 is 0 Å². The van der Waals surface area contributed by atoms with E-state index in [4.69, 9.17) is 0 Å². The highest BCUT2D eigenvalue weighted by atomic mass is 32.2. The maximum absolute atomic E-state index is 13.1. The molecule has 3 rings (SSSR count). The van der Waals surface area contributed by atoms with Crippen LogP contribution in [0.25, 0.3) is 10.9 Å². The van der Waals surface area contributed by atoms with Crippen LogP contribution in [0.3, 0.4) is 0 Å². The standard InChI is InChI=1S/C21H24N2O3S/c1-3-22(4-2)21(24)15-23-14-20(18-12-8-9-13-19(18)23)27(25,26)16-17-10-6-5-7-11-17/h5-14H,3-4,15-16H2,1-2H3. The highest BCUT2D eigenvalue weighted by Crippen LogP contribution is 2.28. The number of aromatic nitrogens is 1. The van der Waals surface area contributed by atoms with Crippen molar-refractivity contribution in [3.63, 3.8) is 0 Å². The summed E-state index contributed by atoms with van der Waals surface area (Å²) in [5.74, 6) is -0.0842. The van der Waals surface area contributed by atoms with Gasteiger partial charge in [0.25, 0.3) is 0 Å². The molecule has 3 aromatic rings. The SMILES string of the molecule is CCN(CC)C(=O)Cn1cc(S(=O)(=O)Cc2ccccc2)c2ccccc21. The highest BCUT2D eigenvalue weighted by molar-refractivity contribution is 7.90. The van der Waals surface area contributed by atoms with E-state index in [-0.39, 0.29) is 23.1 Å². The molecule has 0 radical (unpaired) electrons. The summed E-state index contributed by atoms with van der Waals surface area (Å²) < 4.78 is 27.8. The lowest BCUT2D eigenvalue weighted by Gasteiger charge is -2.19. The van der Waals surface area contributed by atoms with Gasteiger partial charge in [-0.05, 0) is 25.5 Å². The van der Waals surface area contributed by atoms with Gasteiger partial charge in [0.05, 0.1) is 10.6 Å². The lowest BCUT2D eigenvalue weighted by Crippen LogP contribution is -2.33. The Kier molecular flexibility index (Phi) is 5.65. The maximum Gasteiger partial charge on any atom is 0.242 e. The number of amides is 1. The number of carbonyl (C=O) groups excluding carboxylic acids is 1. The van der Waals surface area contributed by atoms with Gasteiger partial charge < -0.3 is 9.47 Å².